The molecular weight excluding hydrogens is 276 g/mol. The first-order valence-electron chi connectivity index (χ1n) is 6.59. The van der Waals surface area contributed by atoms with Crippen molar-refractivity contribution < 1.29 is 19.7 Å². The first-order chi connectivity index (χ1) is 9.35. The van der Waals surface area contributed by atoms with Gasteiger partial charge < -0.3 is 14.9 Å². The zero-order valence-corrected chi connectivity index (χ0v) is 12.7. The second-order valence-corrected chi connectivity index (χ2v) is 6.64. The van der Waals surface area contributed by atoms with Crippen LogP contribution in [-0.2, 0) is 17.6 Å². The Labute approximate surface area is 123 Å². The summed E-state index contributed by atoms with van der Waals surface area (Å²) < 4.78 is 5.70. The molecule has 1 aromatic carbocycles. The number of fused-ring (bicyclic) bond motifs is 1. The molecule has 110 valence electrons. The number of carbonyl (C=O) groups is 1. The summed E-state index contributed by atoms with van der Waals surface area (Å²) in [5.74, 6) is -0.381. The SMILES string of the molecule is CSC1Cc2c(cccc2OC(C)(C)C(=O)O)CC1O. The molecule has 2 atom stereocenters. The minimum Gasteiger partial charge on any atom is -0.478 e. The van der Waals surface area contributed by atoms with Crippen LogP contribution in [-0.4, -0.2) is 39.4 Å². The lowest BCUT2D eigenvalue weighted by atomic mass is 9.88. The van der Waals surface area contributed by atoms with Crippen molar-refractivity contribution in [1.29, 1.82) is 0 Å². The zero-order chi connectivity index (χ0) is 14.9. The molecule has 2 N–H and O–H groups in total. The molecule has 0 aliphatic heterocycles. The Balaban J connectivity index is 2.33. The van der Waals surface area contributed by atoms with E-state index >= 15 is 0 Å². The molecule has 2 unspecified atom stereocenters. The lowest BCUT2D eigenvalue weighted by Gasteiger charge is -2.31. The molecule has 2 rings (SSSR count). The lowest BCUT2D eigenvalue weighted by Crippen LogP contribution is -2.39. The van der Waals surface area contributed by atoms with Crippen LogP contribution in [0.1, 0.15) is 25.0 Å². The molecule has 0 saturated carbocycles. The maximum Gasteiger partial charge on any atom is 0.347 e. The van der Waals surface area contributed by atoms with Gasteiger partial charge in [0.1, 0.15) is 5.75 Å². The van der Waals surface area contributed by atoms with E-state index in [1.54, 1.807) is 31.7 Å². The minimum atomic E-state index is -1.26. The smallest absolute Gasteiger partial charge is 0.347 e. The fraction of sp³-hybridized carbons (Fsp3) is 0.533. The van der Waals surface area contributed by atoms with E-state index in [-0.39, 0.29) is 11.4 Å². The van der Waals surface area contributed by atoms with E-state index in [2.05, 4.69) is 0 Å². The van der Waals surface area contributed by atoms with Gasteiger partial charge in [0.2, 0.25) is 0 Å². The normalized spacial score (nSPS) is 22.2. The van der Waals surface area contributed by atoms with Crippen LogP contribution in [0.25, 0.3) is 0 Å². The van der Waals surface area contributed by atoms with E-state index < -0.39 is 11.6 Å². The summed E-state index contributed by atoms with van der Waals surface area (Å²) in [5, 5.41) is 19.4. The van der Waals surface area contributed by atoms with Crippen molar-refractivity contribution in [3.05, 3.63) is 29.3 Å². The highest BCUT2D eigenvalue weighted by atomic mass is 32.2. The molecule has 0 fully saturated rings. The maximum atomic E-state index is 11.2. The predicted molar refractivity (Wildman–Crippen MR) is 79.5 cm³/mol. The molecule has 1 aromatic rings. The molecule has 0 saturated heterocycles. The number of thioether (sulfide) groups is 1. The third-order valence-electron chi connectivity index (χ3n) is 3.68. The van der Waals surface area contributed by atoms with Crippen LogP contribution in [0, 0.1) is 0 Å². The molecule has 1 aliphatic rings. The molecule has 0 heterocycles. The highest BCUT2D eigenvalue weighted by Crippen LogP contribution is 2.35. The molecule has 0 radical (unpaired) electrons. The highest BCUT2D eigenvalue weighted by Gasteiger charge is 2.33. The fourth-order valence-corrected chi connectivity index (χ4v) is 3.13. The third-order valence-corrected chi connectivity index (χ3v) is 4.76. The zero-order valence-electron chi connectivity index (χ0n) is 11.9. The summed E-state index contributed by atoms with van der Waals surface area (Å²) in [7, 11) is 0. The molecular formula is C15H20O4S. The van der Waals surface area contributed by atoms with Crippen LogP contribution in [0.15, 0.2) is 18.2 Å². The topological polar surface area (TPSA) is 66.8 Å². The number of carboxylic acid groups (broad SMARTS) is 1. The second kappa shape index (κ2) is 5.66. The van der Waals surface area contributed by atoms with Gasteiger partial charge in [-0.1, -0.05) is 12.1 Å². The third kappa shape index (κ3) is 2.94. The summed E-state index contributed by atoms with van der Waals surface area (Å²) in [4.78, 5) is 11.2. The van der Waals surface area contributed by atoms with E-state index in [4.69, 9.17) is 4.74 Å². The number of hydrogen-bond donors (Lipinski definition) is 2. The van der Waals surface area contributed by atoms with Crippen LogP contribution in [0.2, 0.25) is 0 Å². The van der Waals surface area contributed by atoms with Crippen LogP contribution < -0.4 is 4.74 Å². The monoisotopic (exact) mass is 296 g/mol. The Morgan fingerprint density at radius 2 is 2.10 bits per heavy atom. The highest BCUT2D eigenvalue weighted by molar-refractivity contribution is 7.99. The largest absolute Gasteiger partial charge is 0.478 e. The van der Waals surface area contributed by atoms with Crippen LogP contribution >= 0.6 is 11.8 Å². The van der Waals surface area contributed by atoms with Gasteiger partial charge in [-0.3, -0.25) is 0 Å². The van der Waals surface area contributed by atoms with Gasteiger partial charge in [-0.2, -0.15) is 11.8 Å². The van der Waals surface area contributed by atoms with Gasteiger partial charge >= 0.3 is 5.97 Å². The number of ether oxygens (including phenoxy) is 1. The number of aliphatic hydroxyl groups is 1. The second-order valence-electron chi connectivity index (χ2n) is 5.56. The standard InChI is InChI=1S/C15H20O4S/c1-15(2,14(17)18)19-12-6-4-5-9-7-11(16)13(20-3)8-10(9)12/h4-6,11,13,16H,7-8H2,1-3H3,(H,17,18). The average Bonchev–Trinajstić information content (AvgIpc) is 2.37. The van der Waals surface area contributed by atoms with Crippen molar-refractivity contribution in [2.24, 2.45) is 0 Å². The number of aliphatic hydroxyl groups excluding tert-OH is 1. The fourth-order valence-electron chi connectivity index (χ4n) is 2.38. The Morgan fingerprint density at radius 1 is 1.40 bits per heavy atom. The van der Waals surface area contributed by atoms with Gasteiger partial charge in [-0.05, 0) is 50.1 Å². The molecule has 4 nitrogen and oxygen atoms in total. The molecule has 0 spiro atoms. The van der Waals surface area contributed by atoms with Crippen molar-refractivity contribution in [3.63, 3.8) is 0 Å². The van der Waals surface area contributed by atoms with Gasteiger partial charge in [-0.25, -0.2) is 4.79 Å². The molecule has 0 aromatic heterocycles. The van der Waals surface area contributed by atoms with Crippen molar-refractivity contribution >= 4 is 17.7 Å². The van der Waals surface area contributed by atoms with E-state index in [1.165, 1.54) is 0 Å². The van der Waals surface area contributed by atoms with E-state index in [9.17, 15) is 15.0 Å². The molecule has 5 heteroatoms. The minimum absolute atomic E-state index is 0.125. The first kappa shape index (κ1) is 15.2. The van der Waals surface area contributed by atoms with Gasteiger partial charge in [0, 0.05) is 5.25 Å². The summed E-state index contributed by atoms with van der Waals surface area (Å²) in [5.41, 5.74) is 0.799. The predicted octanol–water partition coefficient (Wildman–Crippen LogP) is 2.12. The van der Waals surface area contributed by atoms with Crippen molar-refractivity contribution in [2.45, 2.75) is 43.6 Å². The average molecular weight is 296 g/mol. The number of hydrogen-bond acceptors (Lipinski definition) is 4. The Bertz CT molecular complexity index is 513. The number of rotatable bonds is 4. The van der Waals surface area contributed by atoms with Crippen LogP contribution in [0.4, 0.5) is 0 Å². The van der Waals surface area contributed by atoms with Crippen LogP contribution in [0.3, 0.4) is 0 Å². The van der Waals surface area contributed by atoms with Gasteiger partial charge in [0.05, 0.1) is 6.10 Å². The van der Waals surface area contributed by atoms with E-state index in [1.807, 2.05) is 18.4 Å². The first-order valence-corrected chi connectivity index (χ1v) is 7.88. The Kier molecular flexibility index (Phi) is 4.30. The van der Waals surface area contributed by atoms with E-state index in [0.717, 1.165) is 11.1 Å². The van der Waals surface area contributed by atoms with Crippen molar-refractivity contribution in [3.8, 4) is 5.75 Å². The molecule has 1 aliphatic carbocycles. The molecule has 0 amide bonds. The van der Waals surface area contributed by atoms with Crippen molar-refractivity contribution in [1.82, 2.24) is 0 Å². The van der Waals surface area contributed by atoms with Gasteiger partial charge in [-0.15, -0.1) is 0 Å². The summed E-state index contributed by atoms with van der Waals surface area (Å²) >= 11 is 1.63. The number of aliphatic carboxylic acids is 1. The van der Waals surface area contributed by atoms with Gasteiger partial charge in [0.25, 0.3) is 0 Å². The maximum absolute atomic E-state index is 11.2. The Morgan fingerprint density at radius 3 is 2.70 bits per heavy atom. The summed E-state index contributed by atoms with van der Waals surface area (Å²) in [6.07, 6.45) is 2.90. The lowest BCUT2D eigenvalue weighted by molar-refractivity contribution is -0.152. The number of carboxylic acids is 1. The quantitative estimate of drug-likeness (QED) is 0.891. The van der Waals surface area contributed by atoms with Crippen molar-refractivity contribution in [2.75, 3.05) is 6.26 Å². The molecule has 20 heavy (non-hydrogen) atoms. The molecule has 0 bridgehead atoms. The van der Waals surface area contributed by atoms with E-state index in [0.29, 0.717) is 18.6 Å². The summed E-state index contributed by atoms with van der Waals surface area (Å²) in [6.45, 7) is 3.08. The van der Waals surface area contributed by atoms with Crippen LogP contribution in [0.5, 0.6) is 5.75 Å². The van der Waals surface area contributed by atoms with Gasteiger partial charge in [0.15, 0.2) is 5.60 Å². The summed E-state index contributed by atoms with van der Waals surface area (Å²) in [6, 6.07) is 5.62. The number of benzene rings is 1. The Hall–Kier alpha value is -1.20.